The van der Waals surface area contributed by atoms with Crippen molar-refractivity contribution in [2.24, 2.45) is 5.92 Å². The van der Waals surface area contributed by atoms with Gasteiger partial charge in [-0.25, -0.2) is 0 Å². The van der Waals surface area contributed by atoms with Crippen molar-refractivity contribution in [1.82, 2.24) is 4.90 Å². The first kappa shape index (κ1) is 13.8. The summed E-state index contributed by atoms with van der Waals surface area (Å²) in [6.07, 6.45) is 3.53. The molecule has 2 rings (SSSR count). The quantitative estimate of drug-likeness (QED) is 0.735. The van der Waals surface area contributed by atoms with Crippen LogP contribution in [0.4, 0.5) is 0 Å². The Labute approximate surface area is 123 Å². The Bertz CT molecular complexity index is 413. The molecule has 98 valence electrons. The third-order valence-electron chi connectivity index (χ3n) is 3.67. The average Bonchev–Trinajstić information content (AvgIpc) is 2.39. The second-order valence-corrected chi connectivity index (χ2v) is 6.56. The molecule has 1 unspecified atom stereocenters. The van der Waals surface area contributed by atoms with Gasteiger partial charge in [0, 0.05) is 21.7 Å². The normalized spacial score (nSPS) is 20.2. The molecule has 0 saturated carbocycles. The van der Waals surface area contributed by atoms with E-state index < -0.39 is 0 Å². The SMILES string of the molecule is CC(C)C1CCCCN1C(=O)c1ccc(I)cc1. The minimum Gasteiger partial charge on any atom is -0.335 e. The number of carbonyl (C=O) groups is 1. The maximum Gasteiger partial charge on any atom is 0.254 e. The van der Waals surface area contributed by atoms with Gasteiger partial charge in [-0.3, -0.25) is 4.79 Å². The van der Waals surface area contributed by atoms with E-state index in [0.29, 0.717) is 12.0 Å². The number of piperidine rings is 1. The third kappa shape index (κ3) is 3.05. The second kappa shape index (κ2) is 6.04. The van der Waals surface area contributed by atoms with Gasteiger partial charge < -0.3 is 4.90 Å². The summed E-state index contributed by atoms with van der Waals surface area (Å²) in [5, 5.41) is 0. The summed E-state index contributed by atoms with van der Waals surface area (Å²) in [5.74, 6) is 0.739. The maximum absolute atomic E-state index is 12.5. The predicted molar refractivity (Wildman–Crippen MR) is 82.7 cm³/mol. The number of rotatable bonds is 2. The van der Waals surface area contributed by atoms with Crippen LogP contribution in [0, 0.1) is 9.49 Å². The monoisotopic (exact) mass is 357 g/mol. The van der Waals surface area contributed by atoms with Crippen LogP contribution in [-0.4, -0.2) is 23.4 Å². The molecule has 1 aromatic rings. The summed E-state index contributed by atoms with van der Waals surface area (Å²) in [6.45, 7) is 5.34. The van der Waals surface area contributed by atoms with Gasteiger partial charge in [-0.2, -0.15) is 0 Å². The van der Waals surface area contributed by atoms with E-state index in [0.717, 1.165) is 24.9 Å². The van der Waals surface area contributed by atoms with E-state index in [1.165, 1.54) is 9.99 Å². The highest BCUT2D eigenvalue weighted by atomic mass is 127. The molecule has 1 aliphatic heterocycles. The minimum atomic E-state index is 0.199. The Morgan fingerprint density at radius 2 is 1.94 bits per heavy atom. The molecule has 1 aromatic carbocycles. The van der Waals surface area contributed by atoms with Gasteiger partial charge in [0.1, 0.15) is 0 Å². The number of benzene rings is 1. The number of hydrogen-bond acceptors (Lipinski definition) is 1. The van der Waals surface area contributed by atoms with Crippen molar-refractivity contribution in [1.29, 1.82) is 0 Å². The van der Waals surface area contributed by atoms with Gasteiger partial charge in [0.25, 0.3) is 5.91 Å². The fraction of sp³-hybridized carbons (Fsp3) is 0.533. The van der Waals surface area contributed by atoms with Crippen molar-refractivity contribution in [2.75, 3.05) is 6.54 Å². The van der Waals surface area contributed by atoms with Gasteiger partial charge in [-0.05, 0) is 72.0 Å². The second-order valence-electron chi connectivity index (χ2n) is 5.31. The highest BCUT2D eigenvalue weighted by molar-refractivity contribution is 14.1. The summed E-state index contributed by atoms with van der Waals surface area (Å²) in [6, 6.07) is 8.29. The van der Waals surface area contributed by atoms with Crippen molar-refractivity contribution >= 4 is 28.5 Å². The molecule has 0 bridgehead atoms. The van der Waals surface area contributed by atoms with E-state index >= 15 is 0 Å². The molecule has 0 radical (unpaired) electrons. The molecule has 0 N–H and O–H groups in total. The smallest absolute Gasteiger partial charge is 0.254 e. The molecule has 0 aliphatic carbocycles. The first-order valence-corrected chi connectivity index (χ1v) is 7.74. The van der Waals surface area contributed by atoms with Crippen LogP contribution in [0.25, 0.3) is 0 Å². The largest absolute Gasteiger partial charge is 0.335 e. The Morgan fingerprint density at radius 1 is 1.28 bits per heavy atom. The molecule has 18 heavy (non-hydrogen) atoms. The van der Waals surface area contributed by atoms with E-state index in [1.54, 1.807) is 0 Å². The molecular formula is C15H20INO. The van der Waals surface area contributed by atoms with Crippen molar-refractivity contribution in [3.63, 3.8) is 0 Å². The summed E-state index contributed by atoms with van der Waals surface area (Å²) < 4.78 is 1.17. The van der Waals surface area contributed by atoms with Crippen LogP contribution in [0.15, 0.2) is 24.3 Å². The summed E-state index contributed by atoms with van der Waals surface area (Å²) >= 11 is 2.26. The summed E-state index contributed by atoms with van der Waals surface area (Å²) in [4.78, 5) is 14.6. The van der Waals surface area contributed by atoms with E-state index in [-0.39, 0.29) is 5.91 Å². The molecule has 1 atom stereocenters. The van der Waals surface area contributed by atoms with Gasteiger partial charge in [0.15, 0.2) is 0 Å². The lowest BCUT2D eigenvalue weighted by atomic mass is 9.92. The molecule has 1 amide bonds. The van der Waals surface area contributed by atoms with Crippen LogP contribution in [0.5, 0.6) is 0 Å². The predicted octanol–water partition coefficient (Wildman–Crippen LogP) is 3.94. The Hall–Kier alpha value is -0.580. The number of likely N-dealkylation sites (tertiary alicyclic amines) is 1. The Kier molecular flexibility index (Phi) is 4.65. The van der Waals surface area contributed by atoms with Gasteiger partial charge in [0.2, 0.25) is 0 Å². The average molecular weight is 357 g/mol. The number of halogens is 1. The number of hydrogen-bond donors (Lipinski definition) is 0. The van der Waals surface area contributed by atoms with Crippen molar-refractivity contribution < 1.29 is 4.79 Å². The van der Waals surface area contributed by atoms with Crippen LogP contribution in [-0.2, 0) is 0 Å². The van der Waals surface area contributed by atoms with Crippen molar-refractivity contribution in [2.45, 2.75) is 39.2 Å². The van der Waals surface area contributed by atoms with E-state index in [9.17, 15) is 4.79 Å². The molecule has 1 aliphatic rings. The van der Waals surface area contributed by atoms with Gasteiger partial charge in [-0.15, -0.1) is 0 Å². The van der Waals surface area contributed by atoms with Crippen LogP contribution in [0.2, 0.25) is 0 Å². The summed E-state index contributed by atoms with van der Waals surface area (Å²) in [5.41, 5.74) is 0.822. The van der Waals surface area contributed by atoms with Crippen LogP contribution < -0.4 is 0 Å². The fourth-order valence-corrected chi connectivity index (χ4v) is 3.02. The van der Waals surface area contributed by atoms with E-state index in [2.05, 4.69) is 41.3 Å². The Morgan fingerprint density at radius 3 is 2.56 bits per heavy atom. The zero-order chi connectivity index (χ0) is 13.1. The fourth-order valence-electron chi connectivity index (χ4n) is 2.66. The standard InChI is InChI=1S/C15H20INO/c1-11(2)14-5-3-4-10-17(14)15(18)12-6-8-13(16)9-7-12/h6-9,11,14H,3-5,10H2,1-2H3. The highest BCUT2D eigenvalue weighted by Gasteiger charge is 2.29. The van der Waals surface area contributed by atoms with E-state index in [4.69, 9.17) is 0 Å². The van der Waals surface area contributed by atoms with E-state index in [1.807, 2.05) is 24.3 Å². The number of nitrogens with zero attached hydrogens (tertiary/aromatic N) is 1. The van der Waals surface area contributed by atoms with Gasteiger partial charge >= 0.3 is 0 Å². The molecule has 0 aromatic heterocycles. The van der Waals surface area contributed by atoms with Gasteiger partial charge in [0.05, 0.1) is 0 Å². The van der Waals surface area contributed by atoms with Gasteiger partial charge in [-0.1, -0.05) is 13.8 Å². The van der Waals surface area contributed by atoms with Crippen molar-refractivity contribution in [3.8, 4) is 0 Å². The number of carbonyl (C=O) groups excluding carboxylic acids is 1. The molecule has 1 fully saturated rings. The first-order chi connectivity index (χ1) is 8.59. The minimum absolute atomic E-state index is 0.199. The zero-order valence-electron chi connectivity index (χ0n) is 11.0. The lowest BCUT2D eigenvalue weighted by molar-refractivity contribution is 0.0543. The lowest BCUT2D eigenvalue weighted by Crippen LogP contribution is -2.46. The van der Waals surface area contributed by atoms with Crippen LogP contribution in [0.3, 0.4) is 0 Å². The molecule has 1 heterocycles. The van der Waals surface area contributed by atoms with Crippen LogP contribution >= 0.6 is 22.6 Å². The first-order valence-electron chi connectivity index (χ1n) is 6.66. The maximum atomic E-state index is 12.5. The third-order valence-corrected chi connectivity index (χ3v) is 4.39. The topological polar surface area (TPSA) is 20.3 Å². The van der Waals surface area contributed by atoms with Crippen LogP contribution in [0.1, 0.15) is 43.5 Å². The summed E-state index contributed by atoms with van der Waals surface area (Å²) in [7, 11) is 0. The molecule has 0 spiro atoms. The number of amides is 1. The highest BCUT2D eigenvalue weighted by Crippen LogP contribution is 2.25. The Balaban J connectivity index is 2.18. The molecule has 2 nitrogen and oxygen atoms in total. The zero-order valence-corrected chi connectivity index (χ0v) is 13.2. The van der Waals surface area contributed by atoms with Crippen molar-refractivity contribution in [3.05, 3.63) is 33.4 Å². The lowest BCUT2D eigenvalue weighted by Gasteiger charge is -2.38. The molecule has 1 saturated heterocycles. The molecular weight excluding hydrogens is 337 g/mol. The molecule has 3 heteroatoms.